The van der Waals surface area contributed by atoms with E-state index in [1.54, 1.807) is 37.3 Å². The molecule has 1 amide bonds. The van der Waals surface area contributed by atoms with Crippen LogP contribution in [0.15, 0.2) is 43.9 Å². The molecule has 0 aliphatic heterocycles. The average molecular weight is 331 g/mol. The zero-order valence-corrected chi connectivity index (χ0v) is 13.6. The van der Waals surface area contributed by atoms with Crippen molar-refractivity contribution in [2.45, 2.75) is 20.0 Å². The van der Waals surface area contributed by atoms with Gasteiger partial charge in [-0.2, -0.15) is 11.3 Å². The second kappa shape index (κ2) is 6.44. The first-order valence-electron chi connectivity index (χ1n) is 7.20. The van der Waals surface area contributed by atoms with Crippen molar-refractivity contribution in [3.8, 4) is 11.3 Å². The van der Waals surface area contributed by atoms with Gasteiger partial charge in [-0.05, 0) is 43.5 Å². The van der Waals surface area contributed by atoms with Crippen LogP contribution in [0.2, 0.25) is 0 Å². The number of amides is 1. The molecule has 3 rings (SSSR count). The average Bonchev–Trinajstić information content (AvgIpc) is 3.24. The Hall–Kier alpha value is -2.31. The fraction of sp³-hybridized carbons (Fsp3) is 0.235. The lowest BCUT2D eigenvalue weighted by molar-refractivity contribution is 0.0900. The van der Waals surface area contributed by atoms with E-state index in [-0.39, 0.29) is 12.5 Å². The van der Waals surface area contributed by atoms with Crippen LogP contribution in [0.25, 0.3) is 11.3 Å². The SMILES string of the molecule is Cc1cc(C(=O)NCC(O)c2ccc(-c3ccsc3)o2)c(C)o1. The maximum atomic E-state index is 12.1. The van der Waals surface area contributed by atoms with Gasteiger partial charge >= 0.3 is 0 Å². The molecule has 0 fully saturated rings. The summed E-state index contributed by atoms with van der Waals surface area (Å²) >= 11 is 1.58. The van der Waals surface area contributed by atoms with E-state index in [0.717, 1.165) is 5.56 Å². The van der Waals surface area contributed by atoms with E-state index in [9.17, 15) is 9.90 Å². The van der Waals surface area contributed by atoms with Crippen molar-refractivity contribution in [2.75, 3.05) is 6.54 Å². The fourth-order valence-corrected chi connectivity index (χ4v) is 2.98. The first kappa shape index (κ1) is 15.6. The summed E-state index contributed by atoms with van der Waals surface area (Å²) in [5.74, 6) is 2.09. The largest absolute Gasteiger partial charge is 0.466 e. The molecule has 0 saturated heterocycles. The number of aliphatic hydroxyl groups excluding tert-OH is 1. The highest BCUT2D eigenvalue weighted by atomic mass is 32.1. The minimum absolute atomic E-state index is 0.0685. The van der Waals surface area contributed by atoms with Crippen LogP contribution in [0.1, 0.15) is 33.7 Å². The van der Waals surface area contributed by atoms with Crippen LogP contribution in [-0.4, -0.2) is 17.6 Å². The summed E-state index contributed by atoms with van der Waals surface area (Å²) in [5, 5.41) is 16.8. The molecular formula is C17H17NO4S. The van der Waals surface area contributed by atoms with E-state index in [4.69, 9.17) is 8.83 Å². The number of thiophene rings is 1. The van der Waals surface area contributed by atoms with Crippen LogP contribution in [0.3, 0.4) is 0 Å². The zero-order valence-electron chi connectivity index (χ0n) is 12.8. The maximum Gasteiger partial charge on any atom is 0.254 e. The van der Waals surface area contributed by atoms with Crippen molar-refractivity contribution < 1.29 is 18.7 Å². The first-order valence-corrected chi connectivity index (χ1v) is 8.14. The monoisotopic (exact) mass is 331 g/mol. The van der Waals surface area contributed by atoms with E-state index in [0.29, 0.717) is 28.6 Å². The topological polar surface area (TPSA) is 75.6 Å². The highest BCUT2D eigenvalue weighted by Crippen LogP contribution is 2.26. The Bertz CT molecular complexity index is 801. The Kier molecular flexibility index (Phi) is 4.36. The number of rotatable bonds is 5. The third kappa shape index (κ3) is 3.38. The molecule has 1 unspecified atom stereocenters. The van der Waals surface area contributed by atoms with Gasteiger partial charge in [0.15, 0.2) is 0 Å². The van der Waals surface area contributed by atoms with Gasteiger partial charge in [-0.25, -0.2) is 0 Å². The zero-order chi connectivity index (χ0) is 16.4. The summed E-state index contributed by atoms with van der Waals surface area (Å²) in [6.45, 7) is 3.59. The van der Waals surface area contributed by atoms with Crippen LogP contribution in [0.5, 0.6) is 0 Å². The summed E-state index contributed by atoms with van der Waals surface area (Å²) in [7, 11) is 0. The number of furan rings is 2. The molecule has 1 atom stereocenters. The van der Waals surface area contributed by atoms with E-state index < -0.39 is 6.10 Å². The lowest BCUT2D eigenvalue weighted by atomic mass is 10.2. The lowest BCUT2D eigenvalue weighted by Crippen LogP contribution is -2.28. The van der Waals surface area contributed by atoms with Crippen LogP contribution in [-0.2, 0) is 0 Å². The number of hydrogen-bond acceptors (Lipinski definition) is 5. The normalized spacial score (nSPS) is 12.3. The fourth-order valence-electron chi connectivity index (χ4n) is 2.33. The predicted octanol–water partition coefficient (Wildman–Crippen LogP) is 3.68. The van der Waals surface area contributed by atoms with Crippen LogP contribution in [0, 0.1) is 13.8 Å². The molecule has 0 aliphatic rings. The molecule has 5 nitrogen and oxygen atoms in total. The van der Waals surface area contributed by atoms with Gasteiger partial charge in [0.25, 0.3) is 5.91 Å². The summed E-state index contributed by atoms with van der Waals surface area (Å²) in [4.78, 5) is 12.1. The highest BCUT2D eigenvalue weighted by Gasteiger charge is 2.17. The van der Waals surface area contributed by atoms with Gasteiger partial charge in [-0.3, -0.25) is 4.79 Å². The second-order valence-electron chi connectivity index (χ2n) is 5.27. The molecular weight excluding hydrogens is 314 g/mol. The Balaban J connectivity index is 1.62. The molecule has 3 aromatic heterocycles. The third-order valence-corrected chi connectivity index (χ3v) is 4.19. The number of hydrogen-bond donors (Lipinski definition) is 2. The molecule has 2 N–H and O–H groups in total. The van der Waals surface area contributed by atoms with E-state index in [1.165, 1.54) is 0 Å². The van der Waals surface area contributed by atoms with E-state index in [1.807, 2.05) is 22.9 Å². The Morgan fingerprint density at radius 2 is 2.13 bits per heavy atom. The molecule has 0 saturated carbocycles. The number of carbonyl (C=O) groups excluding carboxylic acids is 1. The minimum atomic E-state index is -0.903. The molecule has 120 valence electrons. The van der Waals surface area contributed by atoms with Crippen molar-refractivity contribution >= 4 is 17.2 Å². The Morgan fingerprint density at radius 3 is 2.78 bits per heavy atom. The Labute approximate surface area is 137 Å². The molecule has 0 radical (unpaired) electrons. The number of carbonyl (C=O) groups is 1. The van der Waals surface area contributed by atoms with Crippen molar-refractivity contribution in [3.05, 3.63) is 57.9 Å². The molecule has 3 heterocycles. The summed E-state index contributed by atoms with van der Waals surface area (Å²) in [6.07, 6.45) is -0.903. The quantitative estimate of drug-likeness (QED) is 0.748. The number of aliphatic hydroxyl groups is 1. The molecule has 0 bridgehead atoms. The van der Waals surface area contributed by atoms with Gasteiger partial charge < -0.3 is 19.3 Å². The van der Waals surface area contributed by atoms with Crippen molar-refractivity contribution in [3.63, 3.8) is 0 Å². The molecule has 3 aromatic rings. The number of aryl methyl sites for hydroxylation is 2. The van der Waals surface area contributed by atoms with Gasteiger partial charge in [0, 0.05) is 10.9 Å². The van der Waals surface area contributed by atoms with Gasteiger partial charge in [0.1, 0.15) is 29.1 Å². The maximum absolute atomic E-state index is 12.1. The first-order chi connectivity index (χ1) is 11.0. The number of nitrogens with one attached hydrogen (secondary N) is 1. The summed E-state index contributed by atoms with van der Waals surface area (Å²) < 4.78 is 11.0. The molecule has 23 heavy (non-hydrogen) atoms. The minimum Gasteiger partial charge on any atom is -0.466 e. The summed E-state index contributed by atoms with van der Waals surface area (Å²) in [6, 6.07) is 7.16. The Morgan fingerprint density at radius 1 is 1.30 bits per heavy atom. The van der Waals surface area contributed by atoms with Gasteiger partial charge in [0.05, 0.1) is 12.1 Å². The van der Waals surface area contributed by atoms with Crippen molar-refractivity contribution in [1.29, 1.82) is 0 Å². The van der Waals surface area contributed by atoms with Crippen LogP contribution < -0.4 is 5.32 Å². The standard InChI is InChI=1S/C17H17NO4S/c1-10-7-13(11(2)21-10)17(20)18-8-14(19)16-4-3-15(22-16)12-5-6-23-9-12/h3-7,9,14,19H,8H2,1-2H3,(H,18,20). The third-order valence-electron chi connectivity index (χ3n) is 3.50. The van der Waals surface area contributed by atoms with Gasteiger partial charge in [0.2, 0.25) is 0 Å². The second-order valence-corrected chi connectivity index (χ2v) is 6.05. The predicted molar refractivity (Wildman–Crippen MR) is 87.5 cm³/mol. The smallest absolute Gasteiger partial charge is 0.254 e. The van der Waals surface area contributed by atoms with Crippen molar-refractivity contribution in [1.82, 2.24) is 5.32 Å². The summed E-state index contributed by atoms with van der Waals surface area (Å²) in [5.41, 5.74) is 1.45. The van der Waals surface area contributed by atoms with Crippen LogP contribution in [0.4, 0.5) is 0 Å². The van der Waals surface area contributed by atoms with Crippen molar-refractivity contribution in [2.24, 2.45) is 0 Å². The lowest BCUT2D eigenvalue weighted by Gasteiger charge is -2.09. The molecule has 0 spiro atoms. The van der Waals surface area contributed by atoms with E-state index >= 15 is 0 Å². The molecule has 0 aliphatic carbocycles. The van der Waals surface area contributed by atoms with E-state index in [2.05, 4.69) is 5.32 Å². The molecule has 0 aromatic carbocycles. The van der Waals surface area contributed by atoms with Gasteiger partial charge in [-0.1, -0.05) is 0 Å². The highest BCUT2D eigenvalue weighted by molar-refractivity contribution is 7.08. The van der Waals surface area contributed by atoms with Gasteiger partial charge in [-0.15, -0.1) is 0 Å². The van der Waals surface area contributed by atoms with Crippen LogP contribution >= 0.6 is 11.3 Å². The molecule has 6 heteroatoms.